The standard InChI is InChI=1S/C23H37O5PS.C21H31O6PS.C21H33O5PS/c1-11-23(12-2,28-29(26)27)19(25)22(9,10)30-15-13-16(20(3,4)5)18(24)17(14-15)21(6,7)8;1-19(2,3)15-10-14(11-16(18(15)24)20(4,5)6)29-21(7,8)17(23)9-13(22)12-27-28(25)26;1-18(2,3)14-11-13(12-15(16(14)22)19(4,5)6)28-21(9,10)17(23)20(7,8)26-27(24)25/h13-14H,11-12H2,1-10H3,(H-,24,26,27);10-11H,9,12H2,1-8H3,(H-,24,25,26);11-12H,1-10H3,(H-,22,24,25)/p+3. The van der Waals surface area contributed by atoms with E-state index in [0.717, 1.165) is 48.1 Å². The lowest BCUT2D eigenvalue weighted by molar-refractivity contribution is -0.137. The first-order chi connectivity index (χ1) is 38.6. The molecule has 0 amide bonds. The van der Waals surface area contributed by atoms with Gasteiger partial charge in [-0.2, -0.15) is 0 Å². The largest absolute Gasteiger partial charge is 0.695 e. The lowest BCUT2D eigenvalue weighted by Gasteiger charge is -2.33. The molecule has 3 aromatic rings. The maximum atomic E-state index is 13.5. The molecular weight excluding hydrogens is 1230 g/mol. The van der Waals surface area contributed by atoms with Crippen LogP contribution < -0.4 is 0 Å². The minimum absolute atomic E-state index is 0.218. The molecule has 0 bridgehead atoms. The predicted octanol–water partition coefficient (Wildman–Crippen LogP) is 17.6. The number of phenols is 3. The number of thioether (sulfide) groups is 3. The van der Waals surface area contributed by atoms with Gasteiger partial charge in [-0.05, 0) is 137 Å². The Balaban J connectivity index is 0.000000653. The number of aromatic hydroxyl groups is 3. The van der Waals surface area contributed by atoms with Crippen molar-refractivity contribution >= 4 is 83.2 Å². The van der Waals surface area contributed by atoms with Crippen molar-refractivity contribution in [1.82, 2.24) is 0 Å². The lowest BCUT2D eigenvalue weighted by Crippen LogP contribution is -2.48. The maximum Gasteiger partial charge on any atom is 0.695 e. The van der Waals surface area contributed by atoms with E-state index in [1.165, 1.54) is 49.1 Å². The number of hydrogen-bond acceptors (Lipinski definition) is 16. The van der Waals surface area contributed by atoms with Crippen molar-refractivity contribution in [2.45, 2.75) is 286 Å². The lowest BCUT2D eigenvalue weighted by atomic mass is 9.79. The smallest absolute Gasteiger partial charge is 0.507 e. The van der Waals surface area contributed by atoms with E-state index in [9.17, 15) is 53.1 Å². The first kappa shape index (κ1) is 81.9. The van der Waals surface area contributed by atoms with Crippen LogP contribution in [-0.2, 0) is 78.9 Å². The molecule has 87 heavy (non-hydrogen) atoms. The molecule has 6 N–H and O–H groups in total. The number of hydrogen-bond donors (Lipinski definition) is 6. The van der Waals surface area contributed by atoms with Gasteiger partial charge >= 0.3 is 24.8 Å². The Morgan fingerprint density at radius 1 is 0.402 bits per heavy atom. The van der Waals surface area contributed by atoms with E-state index in [4.69, 9.17) is 18.8 Å². The highest BCUT2D eigenvalue weighted by molar-refractivity contribution is 8.02. The van der Waals surface area contributed by atoms with Crippen molar-refractivity contribution in [3.8, 4) is 17.2 Å². The van der Waals surface area contributed by atoms with Gasteiger partial charge in [0.15, 0.2) is 40.9 Å². The molecule has 3 rings (SSSR count). The molecule has 3 unspecified atom stereocenters. The SMILES string of the molecule is CC(C)(O[P+](=O)O)C(=O)C(C)(C)Sc1cc(C(C)(C)C)c(O)c(C(C)(C)C)c1.CC(C)(Sc1cc(C(C)(C)C)c(O)c(C(C)(C)C)c1)C(=O)CC(=O)CO[P+](=O)O.CCC(CC)(O[P+](=O)O)C(=O)C(C)(C)Sc1cc(C(C)(C)C)c(O)c(C(C)(C)C)c1. The van der Waals surface area contributed by atoms with Crippen LogP contribution >= 0.6 is 60.1 Å². The first-order valence-electron chi connectivity index (χ1n) is 29.0. The zero-order valence-corrected chi connectivity index (χ0v) is 62.3. The third-order valence-electron chi connectivity index (χ3n) is 14.3. The Morgan fingerprint density at radius 2 is 0.655 bits per heavy atom. The van der Waals surface area contributed by atoms with Crippen LogP contribution in [0.25, 0.3) is 0 Å². The van der Waals surface area contributed by atoms with E-state index in [2.05, 4.69) is 4.52 Å². The molecule has 0 heterocycles. The van der Waals surface area contributed by atoms with Crippen LogP contribution in [-0.4, -0.2) is 85.2 Å². The number of benzene rings is 3. The summed E-state index contributed by atoms with van der Waals surface area (Å²) in [5.74, 6) is -0.501. The number of Topliss-reactive ketones (excluding diaryl/α,β-unsaturated/α-hetero) is 4. The van der Waals surface area contributed by atoms with Gasteiger partial charge < -0.3 is 15.3 Å². The zero-order valence-electron chi connectivity index (χ0n) is 57.1. The van der Waals surface area contributed by atoms with Gasteiger partial charge in [-0.25, -0.2) is 0 Å². The molecule has 0 saturated heterocycles. The van der Waals surface area contributed by atoms with Crippen LogP contribution in [0.4, 0.5) is 0 Å². The topological polar surface area (TPSA) is 269 Å². The van der Waals surface area contributed by atoms with Gasteiger partial charge in [-0.3, -0.25) is 19.2 Å². The second kappa shape index (κ2) is 30.1. The minimum Gasteiger partial charge on any atom is -0.507 e. The van der Waals surface area contributed by atoms with Crippen molar-refractivity contribution in [3.05, 3.63) is 69.8 Å². The Bertz CT molecular complexity index is 2900. The second-order valence-corrected chi connectivity index (χ2v) is 37.3. The van der Waals surface area contributed by atoms with Gasteiger partial charge in [0.1, 0.15) is 17.2 Å². The normalized spacial score (nSPS) is 13.9. The quantitative estimate of drug-likeness (QED) is 0.0310. The monoisotopic (exact) mass is 1330 g/mol. The highest BCUT2D eigenvalue weighted by Gasteiger charge is 2.51. The molecule has 0 aliphatic carbocycles. The highest BCUT2D eigenvalue weighted by Crippen LogP contribution is 2.50. The zero-order chi connectivity index (χ0) is 68.8. The number of carbonyl (C=O) groups excluding carboxylic acids is 4. The van der Waals surface area contributed by atoms with Crippen LogP contribution in [0.2, 0.25) is 0 Å². The molecule has 3 atom stereocenters. The summed E-state index contributed by atoms with van der Waals surface area (Å²) in [5, 5.41) is 32.6. The van der Waals surface area contributed by atoms with Crippen molar-refractivity contribution < 1.29 is 76.4 Å². The van der Waals surface area contributed by atoms with Gasteiger partial charge in [0, 0.05) is 61.8 Å². The molecule has 16 nitrogen and oxygen atoms in total. The van der Waals surface area contributed by atoms with E-state index >= 15 is 0 Å². The molecule has 0 saturated carbocycles. The third-order valence-corrected chi connectivity index (χ3v) is 19.4. The summed E-state index contributed by atoms with van der Waals surface area (Å²) in [6, 6.07) is 11.5. The van der Waals surface area contributed by atoms with Crippen LogP contribution in [0.3, 0.4) is 0 Å². The fraction of sp³-hybridized carbons (Fsp3) is 0.662. The van der Waals surface area contributed by atoms with Crippen molar-refractivity contribution in [3.63, 3.8) is 0 Å². The van der Waals surface area contributed by atoms with E-state index in [-0.39, 0.29) is 67.8 Å². The van der Waals surface area contributed by atoms with Crippen molar-refractivity contribution in [1.29, 1.82) is 0 Å². The van der Waals surface area contributed by atoms with Gasteiger partial charge in [-0.1, -0.05) is 138 Å². The molecular formula is C65H104O16P3S3+3. The number of rotatable bonds is 22. The summed E-state index contributed by atoms with van der Waals surface area (Å²) in [4.78, 5) is 80.6. The Kier molecular flexibility index (Phi) is 28.3. The van der Waals surface area contributed by atoms with Crippen LogP contribution in [0.1, 0.15) is 247 Å². The number of phenolic OH excluding ortho intramolecular Hbond substituents is 3. The Labute approximate surface area is 535 Å². The Hall–Kier alpha value is -3.15. The predicted molar refractivity (Wildman–Crippen MR) is 356 cm³/mol. The molecule has 0 aliphatic heterocycles. The molecule has 0 radical (unpaired) electrons. The van der Waals surface area contributed by atoms with E-state index in [1.807, 2.05) is 175 Å². The Morgan fingerprint density at radius 3 is 0.885 bits per heavy atom. The molecule has 0 spiro atoms. The van der Waals surface area contributed by atoms with Crippen molar-refractivity contribution in [2.75, 3.05) is 6.61 Å². The van der Waals surface area contributed by atoms with Crippen LogP contribution in [0.5, 0.6) is 17.2 Å². The van der Waals surface area contributed by atoms with E-state index in [1.54, 1.807) is 41.5 Å². The van der Waals surface area contributed by atoms with Gasteiger partial charge in [0.2, 0.25) is 0 Å². The van der Waals surface area contributed by atoms with Gasteiger partial charge in [-0.15, -0.1) is 63.5 Å². The summed E-state index contributed by atoms with van der Waals surface area (Å²) in [6.07, 6.45) is 0.244. The van der Waals surface area contributed by atoms with Crippen molar-refractivity contribution in [2.24, 2.45) is 0 Å². The fourth-order valence-corrected chi connectivity index (χ4v) is 14.4. The summed E-state index contributed by atoms with van der Waals surface area (Å²) in [6.45, 7) is 53.2. The van der Waals surface area contributed by atoms with Crippen LogP contribution in [0, 0.1) is 0 Å². The second-order valence-electron chi connectivity index (χ2n) is 30.1. The summed E-state index contributed by atoms with van der Waals surface area (Å²) < 4.78 is 44.9. The molecule has 490 valence electrons. The maximum absolute atomic E-state index is 13.5. The first-order valence-corrected chi connectivity index (χ1v) is 34.8. The van der Waals surface area contributed by atoms with Crippen LogP contribution in [0.15, 0.2) is 51.1 Å². The van der Waals surface area contributed by atoms with Gasteiger partial charge in [0.05, 0.1) is 20.7 Å². The number of carbonyl (C=O) groups is 4. The average Bonchev–Trinajstić information content (AvgIpc) is 1.28. The average molecular weight is 1330 g/mol. The number of ketones is 4. The minimum atomic E-state index is -2.90. The molecule has 22 heteroatoms. The van der Waals surface area contributed by atoms with E-state index < -0.39 is 62.6 Å². The summed E-state index contributed by atoms with van der Waals surface area (Å²) >= 11 is 4.08. The summed E-state index contributed by atoms with van der Waals surface area (Å²) in [5.41, 5.74) is 0.516. The highest BCUT2D eigenvalue weighted by atomic mass is 32.2. The molecule has 0 fully saturated rings. The third kappa shape index (κ3) is 23.8. The fourth-order valence-electron chi connectivity index (χ4n) is 9.44. The molecule has 0 aromatic heterocycles. The summed E-state index contributed by atoms with van der Waals surface area (Å²) in [7, 11) is -8.65. The van der Waals surface area contributed by atoms with E-state index in [0.29, 0.717) is 18.6 Å². The van der Waals surface area contributed by atoms with Gasteiger partial charge in [0.25, 0.3) is 0 Å². The molecule has 0 aliphatic rings. The molecule has 3 aromatic carbocycles.